The van der Waals surface area contributed by atoms with Gasteiger partial charge in [0.05, 0.1) is 0 Å². The van der Waals surface area contributed by atoms with Crippen LogP contribution >= 0.6 is 11.8 Å². The second-order valence-electron chi connectivity index (χ2n) is 4.09. The van der Waals surface area contributed by atoms with Gasteiger partial charge < -0.3 is 5.11 Å². The summed E-state index contributed by atoms with van der Waals surface area (Å²) in [7, 11) is 0. The van der Waals surface area contributed by atoms with Gasteiger partial charge in [-0.3, -0.25) is 9.69 Å². The van der Waals surface area contributed by atoms with Gasteiger partial charge in [-0.25, -0.2) is 0 Å². The molecule has 0 aromatic carbocycles. The van der Waals surface area contributed by atoms with Gasteiger partial charge in [-0.1, -0.05) is 12.2 Å². The molecule has 0 aromatic rings. The van der Waals surface area contributed by atoms with Crippen molar-refractivity contribution in [2.75, 3.05) is 18.1 Å². The largest absolute Gasteiger partial charge is 0.480 e. The molecule has 1 heterocycles. The molecule has 2 aliphatic rings. The van der Waals surface area contributed by atoms with E-state index in [2.05, 4.69) is 17.1 Å². The molecular weight excluding hydrogens is 210 g/mol. The summed E-state index contributed by atoms with van der Waals surface area (Å²) in [6, 6.07) is 0.0808. The highest BCUT2D eigenvalue weighted by Gasteiger charge is 2.32. The predicted molar refractivity (Wildman–Crippen MR) is 62.2 cm³/mol. The molecule has 0 amide bonds. The number of carboxylic acid groups (broad SMARTS) is 1. The fourth-order valence-electron chi connectivity index (χ4n) is 2.30. The van der Waals surface area contributed by atoms with E-state index in [0.29, 0.717) is 6.04 Å². The highest BCUT2D eigenvalue weighted by atomic mass is 32.2. The average molecular weight is 227 g/mol. The van der Waals surface area contributed by atoms with Crippen LogP contribution in [0, 0.1) is 0 Å². The molecule has 1 saturated heterocycles. The molecule has 15 heavy (non-hydrogen) atoms. The number of carboxylic acids is 1. The van der Waals surface area contributed by atoms with Crippen LogP contribution in [0.3, 0.4) is 0 Å². The zero-order chi connectivity index (χ0) is 10.7. The lowest BCUT2D eigenvalue weighted by atomic mass is 10.00. The summed E-state index contributed by atoms with van der Waals surface area (Å²) in [6.07, 6.45) is 7.84. The zero-order valence-corrected chi connectivity index (χ0v) is 9.58. The van der Waals surface area contributed by atoms with Gasteiger partial charge >= 0.3 is 5.97 Å². The highest BCUT2D eigenvalue weighted by Crippen LogP contribution is 2.24. The zero-order valence-electron chi connectivity index (χ0n) is 8.76. The summed E-state index contributed by atoms with van der Waals surface area (Å²) in [5.74, 6) is 1.13. The van der Waals surface area contributed by atoms with Gasteiger partial charge in [-0.2, -0.15) is 11.8 Å². The van der Waals surface area contributed by atoms with Gasteiger partial charge in [0.2, 0.25) is 0 Å². The number of thioether (sulfide) groups is 1. The van der Waals surface area contributed by atoms with Crippen LogP contribution < -0.4 is 0 Å². The number of aliphatic carboxylic acids is 1. The van der Waals surface area contributed by atoms with Crippen LogP contribution in [-0.2, 0) is 4.79 Å². The third kappa shape index (κ3) is 2.55. The summed E-state index contributed by atoms with van der Waals surface area (Å²) >= 11 is 1.75. The Morgan fingerprint density at radius 2 is 2.40 bits per heavy atom. The molecule has 2 unspecified atom stereocenters. The fraction of sp³-hybridized carbons (Fsp3) is 0.727. The fourth-order valence-corrected chi connectivity index (χ4v) is 3.36. The van der Waals surface area contributed by atoms with Crippen LogP contribution in [0.2, 0.25) is 0 Å². The highest BCUT2D eigenvalue weighted by molar-refractivity contribution is 7.99. The van der Waals surface area contributed by atoms with E-state index < -0.39 is 5.97 Å². The Hall–Kier alpha value is -0.480. The Balaban J connectivity index is 2.06. The molecule has 0 bridgehead atoms. The first-order valence-electron chi connectivity index (χ1n) is 5.52. The number of hydrogen-bond acceptors (Lipinski definition) is 3. The maximum atomic E-state index is 11.1. The normalized spacial score (nSPS) is 32.8. The standard InChI is InChI=1S/C11H17NO2S/c13-11(14)10-8-15-7-6-12(10)9-4-2-1-3-5-9/h2,4,9-10H,1,3,5-8H2,(H,13,14). The van der Waals surface area contributed by atoms with Crippen molar-refractivity contribution in [3.8, 4) is 0 Å². The SMILES string of the molecule is O=C(O)C1CSCCN1C1C=CCCC1. The molecule has 84 valence electrons. The van der Waals surface area contributed by atoms with E-state index >= 15 is 0 Å². The maximum Gasteiger partial charge on any atom is 0.321 e. The lowest BCUT2D eigenvalue weighted by Gasteiger charge is -2.38. The minimum absolute atomic E-state index is 0.281. The van der Waals surface area contributed by atoms with E-state index in [4.69, 9.17) is 5.11 Å². The summed E-state index contributed by atoms with van der Waals surface area (Å²) < 4.78 is 0. The Labute approximate surface area is 94.5 Å². The lowest BCUT2D eigenvalue weighted by molar-refractivity contribution is -0.143. The molecule has 4 heteroatoms. The van der Waals surface area contributed by atoms with Crippen LogP contribution in [0.25, 0.3) is 0 Å². The second-order valence-corrected chi connectivity index (χ2v) is 5.24. The number of hydrogen-bond donors (Lipinski definition) is 1. The van der Waals surface area contributed by atoms with E-state index in [9.17, 15) is 4.79 Å². The van der Waals surface area contributed by atoms with E-state index in [1.807, 2.05) is 0 Å². The molecule has 1 N–H and O–H groups in total. The van der Waals surface area contributed by atoms with Gasteiger partial charge in [0.25, 0.3) is 0 Å². The average Bonchev–Trinajstić information content (AvgIpc) is 2.30. The van der Waals surface area contributed by atoms with Crippen LogP contribution in [0.4, 0.5) is 0 Å². The molecule has 3 nitrogen and oxygen atoms in total. The first-order chi connectivity index (χ1) is 7.29. The number of rotatable bonds is 2. The third-order valence-corrected chi connectivity index (χ3v) is 4.13. The molecule has 0 saturated carbocycles. The molecule has 0 radical (unpaired) electrons. The molecule has 0 aromatic heterocycles. The second kappa shape index (κ2) is 5.03. The van der Waals surface area contributed by atoms with E-state index in [1.165, 1.54) is 6.42 Å². The first-order valence-corrected chi connectivity index (χ1v) is 6.67. The quantitative estimate of drug-likeness (QED) is 0.727. The summed E-state index contributed by atoms with van der Waals surface area (Å²) in [6.45, 7) is 0.913. The molecule has 2 rings (SSSR count). The van der Waals surface area contributed by atoms with Crippen molar-refractivity contribution < 1.29 is 9.90 Å². The van der Waals surface area contributed by atoms with Gasteiger partial charge in [-0.05, 0) is 19.3 Å². The van der Waals surface area contributed by atoms with Crippen molar-refractivity contribution in [2.45, 2.75) is 31.3 Å². The molecular formula is C11H17NO2S. The maximum absolute atomic E-state index is 11.1. The minimum atomic E-state index is -0.666. The van der Waals surface area contributed by atoms with Crippen molar-refractivity contribution in [2.24, 2.45) is 0 Å². The number of allylic oxidation sites excluding steroid dienone is 1. The van der Waals surface area contributed by atoms with Gasteiger partial charge in [0, 0.05) is 24.1 Å². The topological polar surface area (TPSA) is 40.5 Å². The van der Waals surface area contributed by atoms with E-state index in [1.54, 1.807) is 11.8 Å². The summed E-state index contributed by atoms with van der Waals surface area (Å²) in [4.78, 5) is 13.3. The van der Waals surface area contributed by atoms with Crippen molar-refractivity contribution in [1.82, 2.24) is 4.90 Å². The lowest BCUT2D eigenvalue weighted by Crippen LogP contribution is -2.51. The molecule has 1 aliphatic heterocycles. The van der Waals surface area contributed by atoms with Gasteiger partial charge in [0.15, 0.2) is 0 Å². The van der Waals surface area contributed by atoms with Crippen molar-refractivity contribution >= 4 is 17.7 Å². The Kier molecular flexibility index (Phi) is 3.70. The molecule has 1 fully saturated rings. The van der Waals surface area contributed by atoms with Crippen LogP contribution in [-0.4, -0.2) is 46.1 Å². The summed E-state index contributed by atoms with van der Waals surface area (Å²) in [5, 5.41) is 9.16. The van der Waals surface area contributed by atoms with Crippen LogP contribution in [0.1, 0.15) is 19.3 Å². The molecule has 0 spiro atoms. The van der Waals surface area contributed by atoms with Crippen LogP contribution in [0.15, 0.2) is 12.2 Å². The van der Waals surface area contributed by atoms with E-state index in [-0.39, 0.29) is 6.04 Å². The molecule has 1 aliphatic carbocycles. The van der Waals surface area contributed by atoms with E-state index in [0.717, 1.165) is 30.9 Å². The summed E-state index contributed by atoms with van der Waals surface area (Å²) in [5.41, 5.74) is 0. The Morgan fingerprint density at radius 1 is 1.53 bits per heavy atom. The molecule has 2 atom stereocenters. The smallest absolute Gasteiger partial charge is 0.321 e. The number of carbonyl (C=O) groups is 1. The van der Waals surface area contributed by atoms with Crippen LogP contribution in [0.5, 0.6) is 0 Å². The minimum Gasteiger partial charge on any atom is -0.480 e. The predicted octanol–water partition coefficient (Wildman–Crippen LogP) is 1.60. The van der Waals surface area contributed by atoms with Gasteiger partial charge in [-0.15, -0.1) is 0 Å². The van der Waals surface area contributed by atoms with Gasteiger partial charge in [0.1, 0.15) is 6.04 Å². The Morgan fingerprint density at radius 3 is 3.07 bits per heavy atom. The third-order valence-electron chi connectivity index (χ3n) is 3.11. The monoisotopic (exact) mass is 227 g/mol. The van der Waals surface area contributed by atoms with Crippen molar-refractivity contribution in [3.63, 3.8) is 0 Å². The Bertz CT molecular complexity index is 267. The first kappa shape index (κ1) is 11.0. The number of nitrogens with zero attached hydrogens (tertiary/aromatic N) is 1. The van der Waals surface area contributed by atoms with Crippen molar-refractivity contribution in [3.05, 3.63) is 12.2 Å². The van der Waals surface area contributed by atoms with Crippen molar-refractivity contribution in [1.29, 1.82) is 0 Å².